The van der Waals surface area contributed by atoms with Gasteiger partial charge in [-0.15, -0.1) is 10.2 Å². The van der Waals surface area contributed by atoms with Gasteiger partial charge in [0.05, 0.1) is 5.75 Å². The Kier molecular flexibility index (Phi) is 5.45. The van der Waals surface area contributed by atoms with Crippen LogP contribution in [0.15, 0.2) is 26.9 Å². The van der Waals surface area contributed by atoms with Gasteiger partial charge in [0.25, 0.3) is 0 Å². The molecule has 0 atom stereocenters. The second-order valence-electron chi connectivity index (χ2n) is 5.32. The number of nitrogens with zero attached hydrogens (tertiary/aromatic N) is 2. The van der Waals surface area contributed by atoms with Gasteiger partial charge in [-0.3, -0.25) is 4.79 Å². The predicted molar refractivity (Wildman–Crippen MR) is 93.1 cm³/mol. The molecule has 8 heteroatoms. The quantitative estimate of drug-likeness (QED) is 0.541. The summed E-state index contributed by atoms with van der Waals surface area (Å²) in [5.41, 5.74) is 0.626. The zero-order valence-corrected chi connectivity index (χ0v) is 15.2. The molecule has 1 aromatic carbocycles. The fraction of sp³-hybridized carbons (Fsp3) is 0.400. The molecule has 0 saturated carbocycles. The van der Waals surface area contributed by atoms with E-state index in [-0.39, 0.29) is 12.6 Å². The number of carbonyl (C=O) groups excluding carboxylic acids is 1. The molecular weight excluding hydrogens is 352 g/mol. The third-order valence-corrected chi connectivity index (χ3v) is 6.57. The highest BCUT2D eigenvalue weighted by molar-refractivity contribution is 8.03. The summed E-state index contributed by atoms with van der Waals surface area (Å²) in [7, 11) is 0. The Balaban J connectivity index is 1.55. The summed E-state index contributed by atoms with van der Waals surface area (Å²) in [4.78, 5) is 12.3. The third kappa shape index (κ3) is 4.39. The van der Waals surface area contributed by atoms with Crippen LogP contribution in [0.3, 0.4) is 0 Å². The van der Waals surface area contributed by atoms with Crippen molar-refractivity contribution in [2.75, 3.05) is 18.3 Å². The minimum absolute atomic E-state index is 0.0416. The summed E-state index contributed by atoms with van der Waals surface area (Å²) in [6, 6.07) is 5.27. The van der Waals surface area contributed by atoms with E-state index in [4.69, 9.17) is 9.47 Å². The van der Waals surface area contributed by atoms with Gasteiger partial charge in [-0.2, -0.15) is 0 Å². The van der Waals surface area contributed by atoms with Crippen molar-refractivity contribution >= 4 is 40.6 Å². The molecule has 23 heavy (non-hydrogen) atoms. The Morgan fingerprint density at radius 1 is 1.22 bits per heavy atom. The van der Waals surface area contributed by atoms with Gasteiger partial charge in [0, 0.05) is 11.3 Å². The number of hydrogen-bond donors (Lipinski definition) is 0. The number of benzene rings is 1. The van der Waals surface area contributed by atoms with Gasteiger partial charge in [0.15, 0.2) is 26.0 Å². The summed E-state index contributed by atoms with van der Waals surface area (Å²) in [6.45, 7) is 4.56. The van der Waals surface area contributed by atoms with Crippen molar-refractivity contribution in [3.8, 4) is 11.5 Å². The summed E-state index contributed by atoms with van der Waals surface area (Å²) >= 11 is 4.67. The second-order valence-corrected chi connectivity index (χ2v) is 8.79. The molecule has 1 aromatic heterocycles. The molecule has 0 amide bonds. The number of fused-ring (bicyclic) bond motifs is 1. The van der Waals surface area contributed by atoms with E-state index in [1.165, 1.54) is 23.1 Å². The van der Waals surface area contributed by atoms with Crippen molar-refractivity contribution in [1.29, 1.82) is 0 Å². The molecule has 2 aromatic rings. The first kappa shape index (κ1) is 16.6. The average molecular weight is 369 g/mol. The molecule has 0 spiro atoms. The summed E-state index contributed by atoms with van der Waals surface area (Å²) in [5.74, 6) is 3.33. The van der Waals surface area contributed by atoms with Gasteiger partial charge >= 0.3 is 0 Å². The van der Waals surface area contributed by atoms with Crippen LogP contribution in [0.5, 0.6) is 11.5 Å². The predicted octanol–water partition coefficient (Wildman–Crippen LogP) is 3.99. The number of ether oxygens (including phenoxy) is 2. The van der Waals surface area contributed by atoms with Crippen molar-refractivity contribution in [2.45, 2.75) is 22.5 Å². The first-order valence-electron chi connectivity index (χ1n) is 7.14. The molecule has 1 aliphatic rings. The van der Waals surface area contributed by atoms with Crippen molar-refractivity contribution in [3.05, 3.63) is 23.8 Å². The highest BCUT2D eigenvalue weighted by atomic mass is 32.2. The monoisotopic (exact) mass is 368 g/mol. The maximum absolute atomic E-state index is 12.3. The van der Waals surface area contributed by atoms with Crippen molar-refractivity contribution in [2.24, 2.45) is 5.92 Å². The molecule has 0 radical (unpaired) electrons. The van der Waals surface area contributed by atoms with E-state index < -0.39 is 0 Å². The lowest BCUT2D eigenvalue weighted by molar-refractivity contribution is 0.102. The zero-order valence-electron chi connectivity index (χ0n) is 12.8. The molecule has 0 saturated heterocycles. The fourth-order valence-electron chi connectivity index (χ4n) is 1.83. The van der Waals surface area contributed by atoms with Gasteiger partial charge < -0.3 is 9.47 Å². The standard InChI is InChI=1S/C15H16N2O3S3/c1-9(2)6-21-14-16-17-15(23-14)22-7-11(18)10-3-4-12-13(5-10)20-8-19-12/h3-5,9H,6-8H2,1-2H3. The Bertz CT molecular complexity index is 703. The van der Waals surface area contributed by atoms with E-state index in [0.717, 1.165) is 14.4 Å². The molecule has 122 valence electrons. The van der Waals surface area contributed by atoms with Crippen LogP contribution in [0.25, 0.3) is 0 Å². The molecule has 2 heterocycles. The molecule has 0 unspecified atom stereocenters. The third-order valence-electron chi connectivity index (χ3n) is 2.95. The molecule has 0 aliphatic carbocycles. The summed E-state index contributed by atoms with van der Waals surface area (Å²) in [5, 5.41) is 8.28. The number of hydrogen-bond acceptors (Lipinski definition) is 8. The lowest BCUT2D eigenvalue weighted by atomic mass is 10.1. The largest absolute Gasteiger partial charge is 0.454 e. The fourth-order valence-corrected chi connectivity index (χ4v) is 4.72. The maximum Gasteiger partial charge on any atom is 0.231 e. The number of thioether (sulfide) groups is 2. The minimum Gasteiger partial charge on any atom is -0.454 e. The Morgan fingerprint density at radius 3 is 2.74 bits per heavy atom. The van der Waals surface area contributed by atoms with Crippen molar-refractivity contribution in [3.63, 3.8) is 0 Å². The summed E-state index contributed by atoms with van der Waals surface area (Å²) in [6.07, 6.45) is 0. The normalized spacial score (nSPS) is 12.8. The topological polar surface area (TPSA) is 61.3 Å². The second kappa shape index (κ2) is 7.55. The first-order valence-corrected chi connectivity index (χ1v) is 9.92. The number of rotatable bonds is 7. The SMILES string of the molecule is CC(C)CSc1nnc(SCC(=O)c2ccc3c(c2)OCO3)s1. The van der Waals surface area contributed by atoms with Crippen molar-refractivity contribution in [1.82, 2.24) is 10.2 Å². The van der Waals surface area contributed by atoms with Crippen LogP contribution in [0, 0.1) is 5.92 Å². The molecule has 0 fully saturated rings. The van der Waals surface area contributed by atoms with Crippen LogP contribution >= 0.6 is 34.9 Å². The number of ketones is 1. The Morgan fingerprint density at radius 2 is 1.96 bits per heavy atom. The van der Waals surface area contributed by atoms with E-state index in [1.54, 1.807) is 30.0 Å². The minimum atomic E-state index is 0.0416. The van der Waals surface area contributed by atoms with Gasteiger partial charge in [-0.25, -0.2) is 0 Å². The molecule has 0 bridgehead atoms. The maximum atomic E-state index is 12.3. The van der Waals surface area contributed by atoms with Crippen LogP contribution in [-0.2, 0) is 0 Å². The van der Waals surface area contributed by atoms with Gasteiger partial charge in [0.1, 0.15) is 0 Å². The van der Waals surface area contributed by atoms with Crippen molar-refractivity contribution < 1.29 is 14.3 Å². The number of Topliss-reactive ketones (excluding diaryl/α,β-unsaturated/α-hetero) is 1. The van der Waals surface area contributed by atoms with E-state index in [9.17, 15) is 4.79 Å². The average Bonchev–Trinajstić information content (AvgIpc) is 3.18. The first-order chi connectivity index (χ1) is 11.1. The van der Waals surface area contributed by atoms with Crippen LogP contribution in [-0.4, -0.2) is 34.3 Å². The van der Waals surface area contributed by atoms with Crippen LogP contribution in [0.1, 0.15) is 24.2 Å². The summed E-state index contributed by atoms with van der Waals surface area (Å²) < 4.78 is 12.3. The Labute approximate surface area is 147 Å². The highest BCUT2D eigenvalue weighted by Crippen LogP contribution is 2.34. The molecule has 5 nitrogen and oxygen atoms in total. The van der Waals surface area contributed by atoms with E-state index >= 15 is 0 Å². The smallest absolute Gasteiger partial charge is 0.231 e. The highest BCUT2D eigenvalue weighted by Gasteiger charge is 2.17. The molecule has 1 aliphatic heterocycles. The van der Waals surface area contributed by atoms with E-state index in [2.05, 4.69) is 24.0 Å². The van der Waals surface area contributed by atoms with Crippen LogP contribution in [0.2, 0.25) is 0 Å². The van der Waals surface area contributed by atoms with Gasteiger partial charge in [0.2, 0.25) is 6.79 Å². The van der Waals surface area contributed by atoms with Gasteiger partial charge in [-0.1, -0.05) is 48.7 Å². The lowest BCUT2D eigenvalue weighted by Crippen LogP contribution is -2.02. The zero-order chi connectivity index (χ0) is 16.2. The van der Waals surface area contributed by atoms with Gasteiger partial charge in [-0.05, 0) is 24.1 Å². The number of carbonyl (C=O) groups is 1. The van der Waals surface area contributed by atoms with E-state index in [0.29, 0.717) is 28.7 Å². The molecular formula is C15H16N2O3S3. The van der Waals surface area contributed by atoms with Crippen LogP contribution < -0.4 is 9.47 Å². The van der Waals surface area contributed by atoms with E-state index in [1.807, 2.05) is 0 Å². The van der Waals surface area contributed by atoms with Crippen LogP contribution in [0.4, 0.5) is 0 Å². The Hall–Kier alpha value is -1.25. The number of aromatic nitrogens is 2. The molecule has 0 N–H and O–H groups in total. The molecule has 3 rings (SSSR count). The lowest BCUT2D eigenvalue weighted by Gasteiger charge is -2.01.